The van der Waals surface area contributed by atoms with Crippen molar-refractivity contribution in [1.82, 2.24) is 5.32 Å². The Bertz CT molecular complexity index is 4470. The van der Waals surface area contributed by atoms with Crippen LogP contribution in [0.3, 0.4) is 0 Å². The fraction of sp³-hybridized carbons (Fsp3) is 0.293. The number of hydrogen-bond donors (Lipinski definition) is 1. The minimum absolute atomic E-state index is 0.0549. The molecule has 0 spiro atoms. The van der Waals surface area contributed by atoms with E-state index in [4.69, 9.17) is 71.1 Å². The van der Waals surface area contributed by atoms with Gasteiger partial charge in [-0.05, 0) is 74.2 Å². The van der Waals surface area contributed by atoms with Gasteiger partial charge in [0.15, 0.2) is 24.1 Å². The fourth-order valence-corrected chi connectivity index (χ4v) is 12.7. The van der Waals surface area contributed by atoms with E-state index in [1.807, 2.05) is 273 Å². The van der Waals surface area contributed by atoms with Gasteiger partial charge in [-0.2, -0.15) is 0 Å². The second-order valence-corrected chi connectivity index (χ2v) is 27.1. The molecule has 1 N–H and O–H groups in total. The summed E-state index contributed by atoms with van der Waals surface area (Å²) in [5.41, 5.74) is 8.47. The highest BCUT2D eigenvalue weighted by molar-refractivity contribution is 5.81. The molecule has 10 atom stereocenters. The Balaban J connectivity index is 0.724. The first-order chi connectivity index (χ1) is 55.6. The number of benzene rings is 10. The maximum atomic E-state index is 14.1. The molecule has 586 valence electrons. The monoisotopic (exact) mass is 1530 g/mol. The number of hydrogen-bond acceptors (Lipinski definition) is 20. The van der Waals surface area contributed by atoms with Crippen molar-refractivity contribution in [2.75, 3.05) is 19.8 Å². The summed E-state index contributed by atoms with van der Waals surface area (Å²) in [5, 5.41) is 2.73. The Morgan fingerprint density at radius 1 is 0.265 bits per heavy atom. The van der Waals surface area contributed by atoms with Gasteiger partial charge in [0.25, 0.3) is 0 Å². The highest BCUT2D eigenvalue weighted by Gasteiger charge is 2.51. The van der Waals surface area contributed by atoms with Gasteiger partial charge in [0.2, 0.25) is 0 Å². The number of carbonyl (C=O) groups excluding carboxylic acids is 5. The van der Waals surface area contributed by atoms with Gasteiger partial charge >= 0.3 is 30.0 Å². The molecule has 21 nitrogen and oxygen atoms in total. The van der Waals surface area contributed by atoms with E-state index in [0.29, 0.717) is 5.56 Å². The number of carbonyl (C=O) groups is 5. The third-order valence-corrected chi connectivity index (χ3v) is 18.6. The molecule has 0 aliphatic carbocycles. The first-order valence-electron chi connectivity index (χ1n) is 37.9. The summed E-state index contributed by atoms with van der Waals surface area (Å²) in [6.07, 6.45) is -11.6. The zero-order valence-electron chi connectivity index (χ0n) is 62.7. The summed E-state index contributed by atoms with van der Waals surface area (Å²) < 4.78 is 96.7. The molecule has 12 rings (SSSR count). The van der Waals surface area contributed by atoms with Gasteiger partial charge in [-0.1, -0.05) is 279 Å². The van der Waals surface area contributed by atoms with Crippen LogP contribution in [0.1, 0.15) is 81.3 Å². The lowest BCUT2D eigenvalue weighted by Gasteiger charge is -2.45. The molecule has 2 fully saturated rings. The van der Waals surface area contributed by atoms with Crippen LogP contribution in [0.5, 0.6) is 11.5 Å². The molecule has 2 aliphatic rings. The highest BCUT2D eigenvalue weighted by atomic mass is 16.7. The average molecular weight is 1530 g/mol. The summed E-state index contributed by atoms with van der Waals surface area (Å²) in [6, 6.07) is 91.0. The van der Waals surface area contributed by atoms with E-state index >= 15 is 0 Å². The second kappa shape index (κ2) is 44.3. The normalized spacial score (nSPS) is 19.3. The molecule has 0 bridgehead atoms. The Kier molecular flexibility index (Phi) is 31.9. The van der Waals surface area contributed by atoms with Crippen LogP contribution in [0.15, 0.2) is 291 Å². The van der Waals surface area contributed by atoms with Crippen LogP contribution < -0.4 is 14.8 Å². The molecule has 2 heterocycles. The molecule has 2 saturated heterocycles. The van der Waals surface area contributed by atoms with Crippen molar-refractivity contribution in [3.8, 4) is 11.5 Å². The third-order valence-electron chi connectivity index (χ3n) is 18.6. The number of rotatable bonds is 41. The Morgan fingerprint density at radius 3 is 0.867 bits per heavy atom. The highest BCUT2D eigenvalue weighted by Crippen LogP contribution is 2.36. The van der Waals surface area contributed by atoms with Crippen LogP contribution in [-0.2, 0) is 147 Å². The molecule has 2 aliphatic heterocycles. The Morgan fingerprint density at radius 2 is 0.540 bits per heavy atom. The molecular weight excluding hydrogens is 1440 g/mol. The van der Waals surface area contributed by atoms with E-state index in [2.05, 4.69) is 5.32 Å². The summed E-state index contributed by atoms with van der Waals surface area (Å²) >= 11 is 0. The minimum Gasteiger partial charge on any atom is -0.463 e. The molecule has 10 aromatic rings. The van der Waals surface area contributed by atoms with E-state index in [-0.39, 0.29) is 97.1 Å². The minimum atomic E-state index is -1.06. The van der Waals surface area contributed by atoms with Crippen molar-refractivity contribution < 1.29 is 95.0 Å². The van der Waals surface area contributed by atoms with Crippen molar-refractivity contribution >= 4 is 30.0 Å². The molecular formula is C92H93NO20. The van der Waals surface area contributed by atoms with Gasteiger partial charge in [0, 0.05) is 6.54 Å². The summed E-state index contributed by atoms with van der Waals surface area (Å²) in [5.74, 6) is -3.64. The summed E-state index contributed by atoms with van der Waals surface area (Å²) in [7, 11) is 0. The van der Waals surface area contributed by atoms with Crippen LogP contribution in [0.2, 0.25) is 0 Å². The van der Waals surface area contributed by atoms with Crippen molar-refractivity contribution in [2.24, 2.45) is 0 Å². The smallest absolute Gasteiger partial charge is 0.407 e. The topological polar surface area (TPSA) is 236 Å². The van der Waals surface area contributed by atoms with Crippen molar-refractivity contribution in [1.29, 1.82) is 0 Å². The molecule has 0 radical (unpaired) electrons. The van der Waals surface area contributed by atoms with E-state index in [9.17, 15) is 24.0 Å². The molecule has 10 aromatic carbocycles. The summed E-state index contributed by atoms with van der Waals surface area (Å²) in [6.45, 7) is 0.737. The van der Waals surface area contributed by atoms with Gasteiger partial charge in [0.1, 0.15) is 68.7 Å². The maximum absolute atomic E-state index is 14.1. The van der Waals surface area contributed by atoms with E-state index in [1.54, 1.807) is 6.07 Å². The quantitative estimate of drug-likeness (QED) is 0.0213. The van der Waals surface area contributed by atoms with Gasteiger partial charge in [0.05, 0.1) is 78.5 Å². The molecule has 0 saturated carbocycles. The maximum Gasteiger partial charge on any atom is 0.407 e. The Labute approximate surface area is 658 Å². The fourth-order valence-electron chi connectivity index (χ4n) is 12.7. The van der Waals surface area contributed by atoms with Crippen molar-refractivity contribution in [3.05, 3.63) is 347 Å². The van der Waals surface area contributed by atoms with Gasteiger partial charge in [-0.25, -0.2) is 4.79 Å². The van der Waals surface area contributed by atoms with Crippen LogP contribution in [-0.4, -0.2) is 111 Å². The van der Waals surface area contributed by atoms with E-state index in [1.165, 1.54) is 12.1 Å². The van der Waals surface area contributed by atoms with E-state index in [0.717, 1.165) is 50.1 Å². The van der Waals surface area contributed by atoms with Crippen LogP contribution in [0.25, 0.3) is 0 Å². The lowest BCUT2D eigenvalue weighted by atomic mass is 9.97. The number of esters is 4. The number of nitrogens with one attached hydrogen (secondary N) is 1. The van der Waals surface area contributed by atoms with Crippen LogP contribution >= 0.6 is 0 Å². The predicted octanol–water partition coefficient (Wildman–Crippen LogP) is 15.0. The summed E-state index contributed by atoms with van der Waals surface area (Å²) in [4.78, 5) is 68.9. The van der Waals surface area contributed by atoms with Crippen LogP contribution in [0, 0.1) is 0 Å². The molecule has 21 heteroatoms. The molecule has 0 unspecified atom stereocenters. The first kappa shape index (κ1) is 81.4. The number of ether oxygens (including phenoxy) is 15. The SMILES string of the molecule is O=C(CCC(=O)Oc1ccc(CCNC(=O)OCc2ccccc2)cc1OC(=O)CCC(=O)OC[C@H]1O[C@@H](OCc2ccccc2)[C@H](OCc2ccccc2)[C@@H](OCc2ccccc2)[C@@H]1OCc1ccccc1)OC[C@H]1O[C@@H](OCc2ccccc2)[C@H](OCc2ccccc2)[C@@H](OCc2ccccc2)[C@@H]1OCc1ccccc1. The number of alkyl carbamates (subject to hydrolysis) is 1. The lowest BCUT2D eigenvalue weighted by molar-refractivity contribution is -0.329. The largest absolute Gasteiger partial charge is 0.463 e. The predicted molar refractivity (Wildman–Crippen MR) is 416 cm³/mol. The number of amides is 1. The lowest BCUT2D eigenvalue weighted by Crippen LogP contribution is -2.61. The standard InChI is InChI=1S/C92H93NO20/c94-80(99-64-78-84(101-55-67-28-10-1-11-29-67)86(103-57-69-32-14-3-15-33-69)88(105-59-71-36-18-5-19-37-71)90(112-78)107-61-73-40-22-7-23-41-73)48-50-82(96)110-76-47-46-66(52-53-93-92(98)109-63-75-44-26-9-27-45-75)54-77(76)111-83(97)51-49-81(95)100-65-79-85(102-56-68-30-12-2-13-31-68)87(104-58-70-34-16-4-17-35-70)89(106-60-72-38-20-6-21-39-72)91(113-79)108-62-74-42-24-8-25-43-74/h1-47,54,78-79,84-91H,48-53,55-65H2,(H,93,98)/t78-,79-,84-,85-,86+,87+,88-,89-,90-,91-/m1/s1. The molecule has 0 aromatic heterocycles. The van der Waals surface area contributed by atoms with Crippen LogP contribution in [0.4, 0.5) is 4.79 Å². The van der Waals surface area contributed by atoms with Gasteiger partial charge in [-0.3, -0.25) is 19.2 Å². The second-order valence-electron chi connectivity index (χ2n) is 27.1. The molecule has 1 amide bonds. The zero-order valence-corrected chi connectivity index (χ0v) is 62.7. The van der Waals surface area contributed by atoms with Gasteiger partial charge in [-0.15, -0.1) is 0 Å². The third kappa shape index (κ3) is 26.5. The van der Waals surface area contributed by atoms with Crippen molar-refractivity contribution in [3.63, 3.8) is 0 Å². The molecule has 113 heavy (non-hydrogen) atoms. The Hall–Kier alpha value is -11.1. The van der Waals surface area contributed by atoms with Gasteiger partial charge < -0.3 is 76.4 Å². The van der Waals surface area contributed by atoms with Crippen molar-refractivity contribution in [2.45, 2.75) is 153 Å². The first-order valence-corrected chi connectivity index (χ1v) is 37.9. The van der Waals surface area contributed by atoms with E-state index < -0.39 is 117 Å². The average Bonchev–Trinajstić information content (AvgIpc) is 0.777. The zero-order chi connectivity index (χ0) is 77.9.